The van der Waals surface area contributed by atoms with Crippen molar-refractivity contribution in [3.8, 4) is 17.2 Å². The van der Waals surface area contributed by atoms with Crippen molar-refractivity contribution in [2.45, 2.75) is 0 Å². The number of ether oxygens (including phenoxy) is 1. The van der Waals surface area contributed by atoms with Gasteiger partial charge in [0.25, 0.3) is 0 Å². The Balaban J connectivity index is 1.16. The minimum absolute atomic E-state index is 0.750. The van der Waals surface area contributed by atoms with E-state index in [2.05, 4.69) is 142 Å². The van der Waals surface area contributed by atoms with Crippen LogP contribution in [0.15, 0.2) is 158 Å². The van der Waals surface area contributed by atoms with Gasteiger partial charge in [-0.15, -0.1) is 0 Å². The third kappa shape index (κ3) is 3.70. The molecule has 0 fully saturated rings. The molecule has 0 spiro atoms. The van der Waals surface area contributed by atoms with Crippen LogP contribution in [0.25, 0.3) is 87.5 Å². The quantitative estimate of drug-likeness (QED) is 0.183. The maximum absolute atomic E-state index is 6.67. The molecule has 5 nitrogen and oxygen atoms in total. The smallest absolute Gasteiger partial charge is 0.146 e. The van der Waals surface area contributed by atoms with Gasteiger partial charge in [-0.25, -0.2) is 9.97 Å². The number of para-hydroxylation sites is 3. The van der Waals surface area contributed by atoms with Crippen LogP contribution in [0, 0.1) is 0 Å². The number of hydrogen-bond acceptors (Lipinski definition) is 3. The summed E-state index contributed by atoms with van der Waals surface area (Å²) in [7, 11) is 0. The Hall–Kier alpha value is -6.72. The minimum atomic E-state index is 0.750. The fraction of sp³-hybridized carbons (Fsp3) is 0. The van der Waals surface area contributed by atoms with Crippen LogP contribution in [0.3, 0.4) is 0 Å². The van der Waals surface area contributed by atoms with E-state index in [4.69, 9.17) is 14.7 Å². The first-order chi connectivity index (χ1) is 24.3. The van der Waals surface area contributed by atoms with Crippen LogP contribution in [0.5, 0.6) is 11.5 Å². The molecule has 228 valence electrons. The molecule has 0 N–H and O–H groups in total. The Labute approximate surface area is 279 Å². The lowest BCUT2D eigenvalue weighted by molar-refractivity contribution is 0.483. The zero-order valence-corrected chi connectivity index (χ0v) is 26.2. The zero-order chi connectivity index (χ0) is 32.1. The van der Waals surface area contributed by atoms with Crippen LogP contribution in [-0.4, -0.2) is 18.9 Å². The molecular formula is C44H26N4O. The molecule has 11 rings (SSSR count). The van der Waals surface area contributed by atoms with Crippen molar-refractivity contribution in [2.75, 3.05) is 0 Å². The predicted octanol–water partition coefficient (Wildman–Crippen LogP) is 11.4. The van der Waals surface area contributed by atoms with E-state index in [1.807, 2.05) is 24.4 Å². The second kappa shape index (κ2) is 9.89. The SMILES string of the molecule is c1cc(Oc2ccc3c(c2)c2nc4ccccc4n2c2c4ccccc4c4ccccc4c32)cc(-n2c3ccccc3c3cccnc32)c1. The highest BCUT2D eigenvalue weighted by molar-refractivity contribution is 6.32. The molecule has 0 aliphatic rings. The molecule has 0 unspecified atom stereocenters. The van der Waals surface area contributed by atoms with Crippen molar-refractivity contribution in [3.63, 3.8) is 0 Å². The van der Waals surface area contributed by atoms with Gasteiger partial charge in [-0.2, -0.15) is 0 Å². The van der Waals surface area contributed by atoms with E-state index in [0.29, 0.717) is 0 Å². The average molecular weight is 627 g/mol. The lowest BCUT2D eigenvalue weighted by atomic mass is 9.94. The Morgan fingerprint density at radius 3 is 2.00 bits per heavy atom. The van der Waals surface area contributed by atoms with Crippen LogP contribution in [-0.2, 0) is 0 Å². The Morgan fingerprint density at radius 1 is 0.449 bits per heavy atom. The summed E-state index contributed by atoms with van der Waals surface area (Å²) in [6, 6.07) is 53.1. The normalized spacial score (nSPS) is 12.1. The van der Waals surface area contributed by atoms with Gasteiger partial charge >= 0.3 is 0 Å². The summed E-state index contributed by atoms with van der Waals surface area (Å²) < 4.78 is 11.2. The highest BCUT2D eigenvalue weighted by Crippen LogP contribution is 2.43. The number of rotatable bonds is 3. The van der Waals surface area contributed by atoms with Crippen LogP contribution < -0.4 is 4.74 Å². The Morgan fingerprint density at radius 2 is 1.12 bits per heavy atom. The number of benzene rings is 7. The molecule has 0 amide bonds. The molecule has 0 saturated carbocycles. The van der Waals surface area contributed by atoms with Crippen molar-refractivity contribution >= 4 is 81.8 Å². The van der Waals surface area contributed by atoms with Gasteiger partial charge in [-0.1, -0.05) is 84.9 Å². The van der Waals surface area contributed by atoms with Crippen LogP contribution in [0.4, 0.5) is 0 Å². The van der Waals surface area contributed by atoms with Gasteiger partial charge in [-0.05, 0) is 82.2 Å². The molecular weight excluding hydrogens is 601 g/mol. The van der Waals surface area contributed by atoms with Gasteiger partial charge in [0.2, 0.25) is 0 Å². The molecule has 0 saturated heterocycles. The molecule has 0 bridgehead atoms. The van der Waals surface area contributed by atoms with Crippen molar-refractivity contribution in [1.82, 2.24) is 18.9 Å². The number of pyridine rings is 2. The first-order valence-corrected chi connectivity index (χ1v) is 16.5. The van der Waals surface area contributed by atoms with Crippen molar-refractivity contribution in [3.05, 3.63) is 158 Å². The van der Waals surface area contributed by atoms with Crippen LogP contribution in [0.1, 0.15) is 0 Å². The molecule has 49 heavy (non-hydrogen) atoms. The maximum atomic E-state index is 6.67. The lowest BCUT2D eigenvalue weighted by Gasteiger charge is -2.16. The molecule has 0 aliphatic carbocycles. The van der Waals surface area contributed by atoms with Crippen molar-refractivity contribution in [1.29, 1.82) is 0 Å². The Bertz CT molecular complexity index is 3100. The molecule has 0 atom stereocenters. The van der Waals surface area contributed by atoms with Crippen molar-refractivity contribution in [2.24, 2.45) is 0 Å². The van der Waals surface area contributed by atoms with E-state index in [1.54, 1.807) is 0 Å². The zero-order valence-electron chi connectivity index (χ0n) is 26.2. The first kappa shape index (κ1) is 26.4. The molecule has 4 aromatic heterocycles. The van der Waals surface area contributed by atoms with Crippen LogP contribution in [0.2, 0.25) is 0 Å². The average Bonchev–Trinajstić information content (AvgIpc) is 3.72. The number of fused-ring (bicyclic) bond motifs is 16. The summed E-state index contributed by atoms with van der Waals surface area (Å²) in [4.78, 5) is 10.00. The number of nitrogens with zero attached hydrogens (tertiary/aromatic N) is 4. The number of aromatic nitrogens is 4. The summed E-state index contributed by atoms with van der Waals surface area (Å²) in [5, 5.41) is 10.6. The summed E-state index contributed by atoms with van der Waals surface area (Å²) in [5.74, 6) is 1.50. The molecule has 0 aliphatic heterocycles. The van der Waals surface area contributed by atoms with Crippen LogP contribution >= 0.6 is 0 Å². The van der Waals surface area contributed by atoms with E-state index < -0.39 is 0 Å². The largest absolute Gasteiger partial charge is 0.457 e. The lowest BCUT2D eigenvalue weighted by Crippen LogP contribution is -1.96. The second-order valence-electron chi connectivity index (χ2n) is 12.6. The summed E-state index contributed by atoms with van der Waals surface area (Å²) >= 11 is 0. The molecule has 4 heterocycles. The van der Waals surface area contributed by atoms with E-state index in [1.165, 1.54) is 37.8 Å². The monoisotopic (exact) mass is 626 g/mol. The fourth-order valence-corrected chi connectivity index (χ4v) is 7.93. The topological polar surface area (TPSA) is 44.4 Å². The molecule has 7 aromatic carbocycles. The third-order valence-electron chi connectivity index (χ3n) is 9.94. The van der Waals surface area contributed by atoms with E-state index in [9.17, 15) is 0 Å². The summed E-state index contributed by atoms with van der Waals surface area (Å²) in [5.41, 5.74) is 7.17. The third-order valence-corrected chi connectivity index (χ3v) is 9.94. The van der Waals surface area contributed by atoms with Gasteiger partial charge in [0.15, 0.2) is 0 Å². The molecule has 11 aromatic rings. The van der Waals surface area contributed by atoms with Gasteiger partial charge in [0.05, 0.1) is 27.8 Å². The predicted molar refractivity (Wildman–Crippen MR) is 201 cm³/mol. The number of hydrogen-bond donors (Lipinski definition) is 0. The summed E-state index contributed by atoms with van der Waals surface area (Å²) in [6.07, 6.45) is 1.85. The van der Waals surface area contributed by atoms with Gasteiger partial charge in [0.1, 0.15) is 22.8 Å². The highest BCUT2D eigenvalue weighted by Gasteiger charge is 2.20. The fourth-order valence-electron chi connectivity index (χ4n) is 7.93. The van der Waals surface area contributed by atoms with Crippen molar-refractivity contribution < 1.29 is 4.74 Å². The van der Waals surface area contributed by atoms with Gasteiger partial charge in [-0.3, -0.25) is 8.97 Å². The highest BCUT2D eigenvalue weighted by atomic mass is 16.5. The molecule has 0 radical (unpaired) electrons. The molecule has 5 heteroatoms. The van der Waals surface area contributed by atoms with Gasteiger partial charge in [0, 0.05) is 39.2 Å². The Kier molecular flexibility index (Phi) is 5.32. The maximum Gasteiger partial charge on any atom is 0.146 e. The van der Waals surface area contributed by atoms with Gasteiger partial charge < -0.3 is 4.74 Å². The summed E-state index contributed by atoms with van der Waals surface area (Å²) in [6.45, 7) is 0. The standard InChI is InChI=1S/C44H26N4O/c1-3-16-33-30(13-1)31-14-2-4-17-35(31)42-41(33)34-23-22-29(26-37(34)44-46-38-19-6-8-21-40(38)48(42)44)49-28-12-9-11-27(25-28)47-39-20-7-5-15-32(39)36-18-10-24-45-43(36)47/h1-26H. The van der Waals surface area contributed by atoms with E-state index in [-0.39, 0.29) is 0 Å². The number of imidazole rings is 1. The first-order valence-electron chi connectivity index (χ1n) is 16.5. The second-order valence-corrected chi connectivity index (χ2v) is 12.6. The minimum Gasteiger partial charge on any atom is -0.457 e. The van der Waals surface area contributed by atoms with E-state index >= 15 is 0 Å². The van der Waals surface area contributed by atoms with E-state index in [0.717, 1.165) is 61.2 Å².